The third-order valence-electron chi connectivity index (χ3n) is 6.43. The van der Waals surface area contributed by atoms with E-state index >= 15 is 0 Å². The number of aromatic nitrogens is 4. The van der Waals surface area contributed by atoms with Gasteiger partial charge in [0.2, 0.25) is 0 Å². The maximum atomic E-state index is 9.26. The molecule has 5 rings (SSSR count). The molecule has 4 aromatic rings. The topological polar surface area (TPSA) is 110 Å². The van der Waals surface area contributed by atoms with Gasteiger partial charge < -0.3 is 10.0 Å². The van der Waals surface area contributed by atoms with E-state index in [0.29, 0.717) is 0 Å². The number of rotatable bonds is 5. The molecule has 10 heteroatoms. The minimum atomic E-state index is 0.195. The largest absolute Gasteiger partial charge is 0.395 e. The van der Waals surface area contributed by atoms with Crippen LogP contribution in [0.5, 0.6) is 0 Å². The molecule has 1 aliphatic rings. The van der Waals surface area contributed by atoms with Crippen molar-refractivity contribution in [2.45, 2.75) is 11.3 Å². The van der Waals surface area contributed by atoms with Crippen LogP contribution < -0.4 is 10.4 Å². The zero-order valence-corrected chi connectivity index (χ0v) is 21.1. The summed E-state index contributed by atoms with van der Waals surface area (Å²) in [7, 11) is 1.87. The molecule has 3 N–H and O–H groups in total. The molecular formula is C26H30N8OS. The van der Waals surface area contributed by atoms with Gasteiger partial charge in [-0.3, -0.25) is 30.0 Å². The van der Waals surface area contributed by atoms with Crippen LogP contribution in [0.25, 0.3) is 22.0 Å². The van der Waals surface area contributed by atoms with Gasteiger partial charge >= 0.3 is 0 Å². The van der Waals surface area contributed by atoms with Crippen molar-refractivity contribution in [2.75, 3.05) is 44.2 Å². The summed E-state index contributed by atoms with van der Waals surface area (Å²) in [6.45, 7) is 4.71. The number of pyridine rings is 2. The van der Waals surface area contributed by atoms with E-state index in [1.807, 2.05) is 43.8 Å². The Kier molecular flexibility index (Phi) is 7.17. The third kappa shape index (κ3) is 5.35. The fourth-order valence-electron chi connectivity index (χ4n) is 4.50. The minimum absolute atomic E-state index is 0.195. The number of aryl methyl sites for hydroxylation is 1. The van der Waals surface area contributed by atoms with Crippen LogP contribution in [0.1, 0.15) is 6.42 Å². The van der Waals surface area contributed by atoms with Gasteiger partial charge in [0.25, 0.3) is 0 Å². The van der Waals surface area contributed by atoms with Gasteiger partial charge in [-0.2, -0.15) is 5.10 Å². The first-order valence-electron chi connectivity index (χ1n) is 12.0. The number of aliphatic hydroxyl groups is 1. The summed E-state index contributed by atoms with van der Waals surface area (Å²) in [4.78, 5) is 10.3. The smallest absolute Gasteiger partial charge is 0.171 e. The quantitative estimate of drug-likeness (QED) is 0.220. The van der Waals surface area contributed by atoms with Crippen molar-refractivity contribution in [3.8, 4) is 11.1 Å². The van der Waals surface area contributed by atoms with Gasteiger partial charge in [-0.1, -0.05) is 11.8 Å². The average Bonchev–Trinajstić information content (AvgIpc) is 3.18. The second-order valence-electron chi connectivity index (χ2n) is 8.94. The number of nitrogens with one attached hydrogen (secondary N) is 2. The Morgan fingerprint density at radius 1 is 1.03 bits per heavy atom. The number of hydrogen-bond donors (Lipinski definition) is 3. The van der Waals surface area contributed by atoms with Crippen molar-refractivity contribution in [2.24, 2.45) is 7.05 Å². The average molecular weight is 503 g/mol. The highest BCUT2D eigenvalue weighted by Crippen LogP contribution is 2.27. The highest BCUT2D eigenvalue weighted by molar-refractivity contribution is 8.13. The molecule has 186 valence electrons. The standard InChI is InChI=1S/C26H30N8OS/c1-31-17-21(15-30-31)19-3-6-25(27)34(18-19)26(28)36-23-4-5-24-20(14-23)13-22(16-29-24)33-8-2-7-32(9-10-33)11-12-35/h3-6,13-18,27-28,35H,2,7-12H2,1H3. The number of benzene rings is 1. The van der Waals surface area contributed by atoms with Crippen molar-refractivity contribution in [3.05, 3.63) is 66.7 Å². The van der Waals surface area contributed by atoms with Crippen molar-refractivity contribution in [1.29, 1.82) is 10.8 Å². The lowest BCUT2D eigenvalue weighted by molar-refractivity contribution is 0.204. The summed E-state index contributed by atoms with van der Waals surface area (Å²) in [5.74, 6) is 0. The first-order valence-corrected chi connectivity index (χ1v) is 12.8. The van der Waals surface area contributed by atoms with Crippen molar-refractivity contribution in [1.82, 2.24) is 24.2 Å². The summed E-state index contributed by atoms with van der Waals surface area (Å²) in [6.07, 6.45) is 8.50. The number of nitrogens with zero attached hydrogens (tertiary/aromatic N) is 6. The third-order valence-corrected chi connectivity index (χ3v) is 7.31. The molecule has 36 heavy (non-hydrogen) atoms. The second kappa shape index (κ2) is 10.7. The fraction of sp³-hybridized carbons (Fsp3) is 0.308. The molecule has 0 aliphatic carbocycles. The molecule has 0 unspecified atom stereocenters. The maximum Gasteiger partial charge on any atom is 0.171 e. The fourth-order valence-corrected chi connectivity index (χ4v) is 5.29. The number of anilines is 1. The molecule has 4 heterocycles. The van der Waals surface area contributed by atoms with E-state index in [9.17, 15) is 5.11 Å². The Balaban J connectivity index is 1.35. The molecule has 0 spiro atoms. The van der Waals surface area contributed by atoms with Crippen LogP contribution in [0.15, 0.2) is 66.1 Å². The predicted molar refractivity (Wildman–Crippen MR) is 144 cm³/mol. The molecule has 0 atom stereocenters. The molecule has 9 nitrogen and oxygen atoms in total. The molecule has 0 bridgehead atoms. The maximum absolute atomic E-state index is 9.26. The van der Waals surface area contributed by atoms with Gasteiger partial charge in [0.1, 0.15) is 5.49 Å². The van der Waals surface area contributed by atoms with Crippen LogP contribution >= 0.6 is 11.8 Å². The van der Waals surface area contributed by atoms with Gasteiger partial charge in [-0.05, 0) is 49.4 Å². The Hall–Kier alpha value is -3.47. The van der Waals surface area contributed by atoms with E-state index < -0.39 is 0 Å². The lowest BCUT2D eigenvalue weighted by Gasteiger charge is -2.23. The molecule has 1 fully saturated rings. The highest BCUT2D eigenvalue weighted by Gasteiger charge is 2.16. The SMILES string of the molecule is Cn1cc(-c2ccc(=N)n(C(=N)Sc3ccc4ncc(N5CCCN(CCO)CC5)cc4c3)c2)cn1. The van der Waals surface area contributed by atoms with Crippen LogP contribution in [0.2, 0.25) is 0 Å². The van der Waals surface area contributed by atoms with Crippen molar-refractivity contribution < 1.29 is 5.11 Å². The minimum Gasteiger partial charge on any atom is -0.395 e. The molecule has 0 saturated carbocycles. The summed E-state index contributed by atoms with van der Waals surface area (Å²) in [6, 6.07) is 11.8. The van der Waals surface area contributed by atoms with Crippen molar-refractivity contribution in [3.63, 3.8) is 0 Å². The zero-order valence-electron chi connectivity index (χ0n) is 20.3. The van der Waals surface area contributed by atoms with Crippen LogP contribution in [-0.4, -0.2) is 73.8 Å². The Labute approximate surface area is 214 Å². The van der Waals surface area contributed by atoms with Crippen LogP contribution in [0, 0.1) is 10.8 Å². The first kappa shape index (κ1) is 24.2. The molecule has 1 saturated heterocycles. The molecular weight excluding hydrogens is 472 g/mol. The highest BCUT2D eigenvalue weighted by atomic mass is 32.2. The monoisotopic (exact) mass is 502 g/mol. The lowest BCUT2D eigenvalue weighted by Crippen LogP contribution is -2.32. The van der Waals surface area contributed by atoms with Crippen LogP contribution in [0.4, 0.5) is 5.69 Å². The zero-order chi connectivity index (χ0) is 25.1. The van der Waals surface area contributed by atoms with E-state index in [2.05, 4.69) is 32.0 Å². The molecule has 1 aromatic carbocycles. The van der Waals surface area contributed by atoms with Gasteiger partial charge in [0.05, 0.1) is 30.2 Å². The van der Waals surface area contributed by atoms with Gasteiger partial charge in [-0.15, -0.1) is 0 Å². The van der Waals surface area contributed by atoms with E-state index in [0.717, 1.165) is 71.8 Å². The molecule has 1 aliphatic heterocycles. The van der Waals surface area contributed by atoms with Gasteiger partial charge in [-0.25, -0.2) is 0 Å². The van der Waals surface area contributed by atoms with Crippen LogP contribution in [0.3, 0.4) is 0 Å². The number of hydrogen-bond acceptors (Lipinski definition) is 8. The normalized spacial score (nSPS) is 14.8. The Morgan fingerprint density at radius 3 is 2.72 bits per heavy atom. The number of aliphatic hydroxyl groups excluding tert-OH is 1. The van der Waals surface area contributed by atoms with Gasteiger partial charge in [0, 0.05) is 67.0 Å². The Morgan fingerprint density at radius 2 is 1.92 bits per heavy atom. The summed E-state index contributed by atoms with van der Waals surface area (Å²) in [5, 5.41) is 31.8. The molecule has 0 radical (unpaired) electrons. The molecule has 0 amide bonds. The second-order valence-corrected chi connectivity index (χ2v) is 10.00. The van der Waals surface area contributed by atoms with E-state index in [-0.39, 0.29) is 17.3 Å². The molecule has 3 aromatic heterocycles. The summed E-state index contributed by atoms with van der Waals surface area (Å²) >= 11 is 1.32. The number of thioether (sulfide) groups is 1. The summed E-state index contributed by atoms with van der Waals surface area (Å²) < 4.78 is 3.32. The summed E-state index contributed by atoms with van der Waals surface area (Å²) in [5.41, 5.74) is 4.12. The van der Waals surface area contributed by atoms with E-state index in [4.69, 9.17) is 10.8 Å². The van der Waals surface area contributed by atoms with E-state index in [1.165, 1.54) is 11.8 Å². The van der Waals surface area contributed by atoms with Crippen molar-refractivity contribution >= 4 is 33.5 Å². The lowest BCUT2D eigenvalue weighted by atomic mass is 10.2. The van der Waals surface area contributed by atoms with E-state index in [1.54, 1.807) is 21.5 Å². The van der Waals surface area contributed by atoms with Crippen LogP contribution in [-0.2, 0) is 7.05 Å². The Bertz CT molecular complexity index is 1450. The number of β-amino-alcohol motifs (C(OH)–C–C–N with tert-alkyl or cyclic N) is 1. The van der Waals surface area contributed by atoms with Gasteiger partial charge in [0.15, 0.2) is 5.17 Å². The first-order chi connectivity index (χ1) is 17.5. The predicted octanol–water partition coefficient (Wildman–Crippen LogP) is 3.00. The number of fused-ring (bicyclic) bond motifs is 1.